The molecule has 0 radical (unpaired) electrons. The average Bonchev–Trinajstić information content (AvgIpc) is 2.74. The highest BCUT2D eigenvalue weighted by molar-refractivity contribution is 7.98. The van der Waals surface area contributed by atoms with Crippen molar-refractivity contribution >= 4 is 33.4 Å². The van der Waals surface area contributed by atoms with Gasteiger partial charge in [-0.1, -0.05) is 43.5 Å². The second kappa shape index (κ2) is 9.78. The lowest BCUT2D eigenvalue weighted by Crippen LogP contribution is -2.35. The Hall–Kier alpha value is -1.83. The Kier molecular flexibility index (Phi) is 7.38. The summed E-state index contributed by atoms with van der Waals surface area (Å²) in [5, 5.41) is 2.80. The summed E-state index contributed by atoms with van der Waals surface area (Å²) in [6, 6.07) is 14.6. The summed E-state index contributed by atoms with van der Waals surface area (Å²) in [6.45, 7) is -0.241. The maximum Gasteiger partial charge on any atom is 0.243 e. The number of para-hydroxylation sites is 1. The number of amides is 1. The van der Waals surface area contributed by atoms with E-state index in [1.165, 1.54) is 56.5 Å². The predicted octanol–water partition coefficient (Wildman–Crippen LogP) is 4.72. The van der Waals surface area contributed by atoms with Gasteiger partial charge < -0.3 is 5.32 Å². The van der Waals surface area contributed by atoms with Gasteiger partial charge in [0.15, 0.2) is 0 Å². The van der Waals surface area contributed by atoms with E-state index in [0.29, 0.717) is 11.6 Å². The topological polar surface area (TPSA) is 66.5 Å². The van der Waals surface area contributed by atoms with E-state index >= 15 is 0 Å². The fraction of sp³-hybridized carbons (Fsp3) is 0.409. The first kappa shape index (κ1) is 21.9. The standard InChI is InChI=1S/C22H28N2O3S2/c1-24(16-22(25)23-20-10-6-7-11-21(20)28-2)29(26,27)19-14-12-18(13-15-19)17-8-4-3-5-9-17/h6-7,10-15,17H,3-5,8-9,16H2,1-2H3,(H,23,25). The summed E-state index contributed by atoms with van der Waals surface area (Å²) in [5.74, 6) is 0.164. The smallest absolute Gasteiger partial charge is 0.243 e. The van der Waals surface area contributed by atoms with Crippen LogP contribution in [0.15, 0.2) is 58.3 Å². The van der Waals surface area contributed by atoms with Crippen LogP contribution in [0.2, 0.25) is 0 Å². The number of hydrogen-bond acceptors (Lipinski definition) is 4. The average molecular weight is 433 g/mol. The van der Waals surface area contributed by atoms with Crippen molar-refractivity contribution in [2.45, 2.75) is 47.8 Å². The van der Waals surface area contributed by atoms with Crippen LogP contribution in [0.4, 0.5) is 5.69 Å². The monoisotopic (exact) mass is 432 g/mol. The second-order valence-corrected chi connectivity index (χ2v) is 10.3. The first-order valence-electron chi connectivity index (χ1n) is 9.91. The van der Waals surface area contributed by atoms with Crippen LogP contribution >= 0.6 is 11.8 Å². The van der Waals surface area contributed by atoms with Crippen LogP contribution in [0.1, 0.15) is 43.6 Å². The van der Waals surface area contributed by atoms with Crippen molar-refractivity contribution < 1.29 is 13.2 Å². The van der Waals surface area contributed by atoms with Crippen LogP contribution < -0.4 is 5.32 Å². The van der Waals surface area contributed by atoms with Gasteiger partial charge in [-0.25, -0.2) is 8.42 Å². The van der Waals surface area contributed by atoms with Gasteiger partial charge in [0.05, 0.1) is 17.1 Å². The molecule has 1 N–H and O–H groups in total. The van der Waals surface area contributed by atoms with Crippen LogP contribution in [0.25, 0.3) is 0 Å². The third-order valence-corrected chi connectivity index (χ3v) is 8.03. The van der Waals surface area contributed by atoms with Gasteiger partial charge in [-0.05, 0) is 54.8 Å². The Morgan fingerprint density at radius 3 is 2.38 bits per heavy atom. The minimum absolute atomic E-state index is 0.219. The van der Waals surface area contributed by atoms with E-state index in [1.807, 2.05) is 42.7 Å². The molecule has 1 fully saturated rings. The minimum atomic E-state index is -3.72. The summed E-state index contributed by atoms with van der Waals surface area (Å²) in [5.41, 5.74) is 1.89. The summed E-state index contributed by atoms with van der Waals surface area (Å²) in [4.78, 5) is 13.6. The molecule has 2 aromatic carbocycles. The number of anilines is 1. The number of sulfonamides is 1. The molecular weight excluding hydrogens is 404 g/mol. The second-order valence-electron chi connectivity index (χ2n) is 7.41. The van der Waals surface area contributed by atoms with Crippen molar-refractivity contribution in [1.82, 2.24) is 4.31 Å². The zero-order valence-electron chi connectivity index (χ0n) is 16.9. The minimum Gasteiger partial charge on any atom is -0.324 e. The number of likely N-dealkylation sites (N-methyl/N-ethyl adjacent to an activating group) is 1. The molecule has 156 valence electrons. The third kappa shape index (κ3) is 5.41. The summed E-state index contributed by atoms with van der Waals surface area (Å²) in [6.07, 6.45) is 8.04. The fourth-order valence-corrected chi connectivity index (χ4v) is 5.43. The number of thioether (sulfide) groups is 1. The van der Waals surface area contributed by atoms with Crippen molar-refractivity contribution in [1.29, 1.82) is 0 Å². The summed E-state index contributed by atoms with van der Waals surface area (Å²) in [7, 11) is -2.29. The first-order chi connectivity index (χ1) is 13.9. The normalized spacial score (nSPS) is 15.4. The van der Waals surface area contributed by atoms with E-state index < -0.39 is 10.0 Å². The van der Waals surface area contributed by atoms with E-state index in [0.717, 1.165) is 9.20 Å². The maximum absolute atomic E-state index is 12.9. The molecule has 0 heterocycles. The molecule has 0 bridgehead atoms. The molecule has 0 aromatic heterocycles. The van der Waals surface area contributed by atoms with Crippen molar-refractivity contribution in [3.8, 4) is 0 Å². The number of nitrogens with zero attached hydrogens (tertiary/aromatic N) is 1. The van der Waals surface area contributed by atoms with E-state index in [4.69, 9.17) is 0 Å². The number of carbonyl (C=O) groups excluding carboxylic acids is 1. The van der Waals surface area contributed by atoms with E-state index in [-0.39, 0.29) is 17.3 Å². The number of nitrogens with one attached hydrogen (secondary N) is 1. The Balaban J connectivity index is 1.66. The van der Waals surface area contributed by atoms with E-state index in [9.17, 15) is 13.2 Å². The fourth-order valence-electron chi connectivity index (χ4n) is 3.75. The largest absolute Gasteiger partial charge is 0.324 e. The van der Waals surface area contributed by atoms with Crippen LogP contribution in [-0.2, 0) is 14.8 Å². The highest BCUT2D eigenvalue weighted by atomic mass is 32.2. The molecule has 1 saturated carbocycles. The zero-order chi connectivity index (χ0) is 20.9. The summed E-state index contributed by atoms with van der Waals surface area (Å²) < 4.78 is 26.8. The summed E-state index contributed by atoms with van der Waals surface area (Å²) >= 11 is 1.53. The molecule has 3 rings (SSSR count). The molecule has 0 spiro atoms. The number of carbonyl (C=O) groups is 1. The lowest BCUT2D eigenvalue weighted by atomic mass is 9.84. The van der Waals surface area contributed by atoms with Gasteiger partial charge in [0.1, 0.15) is 0 Å². The molecule has 1 aliphatic rings. The van der Waals surface area contributed by atoms with Crippen LogP contribution in [0.5, 0.6) is 0 Å². The van der Waals surface area contributed by atoms with E-state index in [2.05, 4.69) is 5.32 Å². The molecule has 1 amide bonds. The van der Waals surface area contributed by atoms with Gasteiger partial charge >= 0.3 is 0 Å². The third-order valence-electron chi connectivity index (χ3n) is 5.41. The molecule has 29 heavy (non-hydrogen) atoms. The molecule has 2 aromatic rings. The molecular formula is C22H28N2O3S2. The Bertz CT molecular complexity index is 937. The first-order valence-corrected chi connectivity index (χ1v) is 12.6. The molecule has 0 saturated heterocycles. The van der Waals surface area contributed by atoms with Gasteiger partial charge in [-0.2, -0.15) is 4.31 Å². The SMILES string of the molecule is CSc1ccccc1NC(=O)CN(C)S(=O)(=O)c1ccc(C2CCCCC2)cc1. The van der Waals surface area contributed by atoms with Crippen LogP contribution in [-0.4, -0.2) is 38.5 Å². The molecule has 0 unspecified atom stereocenters. The Morgan fingerprint density at radius 1 is 1.07 bits per heavy atom. The number of benzene rings is 2. The molecule has 7 heteroatoms. The van der Waals surface area contributed by atoms with E-state index in [1.54, 1.807) is 12.1 Å². The van der Waals surface area contributed by atoms with Crippen molar-refractivity contribution in [2.24, 2.45) is 0 Å². The van der Waals surface area contributed by atoms with Gasteiger partial charge in [0, 0.05) is 11.9 Å². The van der Waals surface area contributed by atoms with Crippen LogP contribution in [0, 0.1) is 0 Å². The Morgan fingerprint density at radius 2 is 1.72 bits per heavy atom. The molecule has 5 nitrogen and oxygen atoms in total. The van der Waals surface area contributed by atoms with Gasteiger partial charge in [-0.3, -0.25) is 4.79 Å². The van der Waals surface area contributed by atoms with Gasteiger partial charge in [0.2, 0.25) is 15.9 Å². The highest BCUT2D eigenvalue weighted by Crippen LogP contribution is 2.33. The maximum atomic E-state index is 12.9. The molecule has 0 atom stereocenters. The zero-order valence-corrected chi connectivity index (χ0v) is 18.6. The highest BCUT2D eigenvalue weighted by Gasteiger charge is 2.24. The van der Waals surface area contributed by atoms with Gasteiger partial charge in [-0.15, -0.1) is 11.8 Å². The van der Waals surface area contributed by atoms with Crippen molar-refractivity contribution in [2.75, 3.05) is 25.2 Å². The number of rotatable bonds is 7. The van der Waals surface area contributed by atoms with Gasteiger partial charge in [0.25, 0.3) is 0 Å². The molecule has 1 aliphatic carbocycles. The molecule has 0 aliphatic heterocycles. The Labute approximate surface area is 177 Å². The predicted molar refractivity (Wildman–Crippen MR) is 119 cm³/mol. The quantitative estimate of drug-likeness (QED) is 0.643. The lowest BCUT2D eigenvalue weighted by Gasteiger charge is -2.22. The lowest BCUT2D eigenvalue weighted by molar-refractivity contribution is -0.116. The van der Waals surface area contributed by atoms with Crippen LogP contribution in [0.3, 0.4) is 0 Å². The van der Waals surface area contributed by atoms with Crippen molar-refractivity contribution in [3.05, 3.63) is 54.1 Å². The number of hydrogen-bond donors (Lipinski definition) is 1. The van der Waals surface area contributed by atoms with Crippen molar-refractivity contribution in [3.63, 3.8) is 0 Å².